The Labute approximate surface area is 129 Å². The summed E-state index contributed by atoms with van der Waals surface area (Å²) in [7, 11) is 0. The van der Waals surface area contributed by atoms with Gasteiger partial charge in [-0.25, -0.2) is 4.39 Å². The van der Waals surface area contributed by atoms with E-state index in [-0.39, 0.29) is 30.3 Å². The van der Waals surface area contributed by atoms with Gasteiger partial charge in [0, 0.05) is 24.9 Å². The number of carbonyl (C=O) groups is 2. The standard InChI is InChI=1S/C18H18FNO2/c1-13-4-2-3-5-15(13)12-20-18(22)11-10-17(21)14-6-8-16(19)9-7-14/h2-9H,10-12H2,1H3,(H,20,22). The lowest BCUT2D eigenvalue weighted by Crippen LogP contribution is -2.23. The normalized spacial score (nSPS) is 10.3. The fourth-order valence-corrected chi connectivity index (χ4v) is 2.10. The van der Waals surface area contributed by atoms with Gasteiger partial charge >= 0.3 is 0 Å². The molecule has 0 heterocycles. The van der Waals surface area contributed by atoms with Gasteiger partial charge in [-0.2, -0.15) is 0 Å². The zero-order valence-electron chi connectivity index (χ0n) is 12.4. The van der Waals surface area contributed by atoms with Crippen LogP contribution in [0, 0.1) is 12.7 Å². The van der Waals surface area contributed by atoms with Crippen molar-refractivity contribution < 1.29 is 14.0 Å². The van der Waals surface area contributed by atoms with Gasteiger partial charge in [-0.1, -0.05) is 24.3 Å². The van der Waals surface area contributed by atoms with Crippen molar-refractivity contribution in [2.24, 2.45) is 0 Å². The van der Waals surface area contributed by atoms with Crippen molar-refractivity contribution in [3.63, 3.8) is 0 Å². The van der Waals surface area contributed by atoms with Crippen molar-refractivity contribution in [2.45, 2.75) is 26.3 Å². The first kappa shape index (κ1) is 15.9. The summed E-state index contributed by atoms with van der Waals surface area (Å²) in [5.41, 5.74) is 2.60. The summed E-state index contributed by atoms with van der Waals surface area (Å²) in [6, 6.07) is 13.2. The summed E-state index contributed by atoms with van der Waals surface area (Å²) >= 11 is 0. The number of ketones is 1. The lowest BCUT2D eigenvalue weighted by molar-refractivity contribution is -0.121. The van der Waals surface area contributed by atoms with E-state index in [1.165, 1.54) is 24.3 Å². The van der Waals surface area contributed by atoms with Crippen molar-refractivity contribution in [3.05, 3.63) is 71.0 Å². The molecular weight excluding hydrogens is 281 g/mol. The molecule has 1 amide bonds. The molecule has 0 fully saturated rings. The Bertz CT molecular complexity index is 665. The van der Waals surface area contributed by atoms with Gasteiger partial charge in [-0.05, 0) is 42.3 Å². The van der Waals surface area contributed by atoms with Crippen molar-refractivity contribution in [2.75, 3.05) is 0 Å². The highest BCUT2D eigenvalue weighted by molar-refractivity contribution is 5.97. The van der Waals surface area contributed by atoms with E-state index in [0.29, 0.717) is 12.1 Å². The molecule has 0 aliphatic heterocycles. The summed E-state index contributed by atoms with van der Waals surface area (Å²) in [6.45, 7) is 2.44. The second-order valence-electron chi connectivity index (χ2n) is 5.13. The molecule has 0 aromatic heterocycles. The van der Waals surface area contributed by atoms with Gasteiger partial charge < -0.3 is 5.32 Å². The average Bonchev–Trinajstić information content (AvgIpc) is 2.52. The van der Waals surface area contributed by atoms with Crippen molar-refractivity contribution >= 4 is 11.7 Å². The maximum Gasteiger partial charge on any atom is 0.220 e. The molecule has 0 spiro atoms. The molecule has 0 saturated carbocycles. The molecule has 22 heavy (non-hydrogen) atoms. The van der Waals surface area contributed by atoms with Crippen LogP contribution in [0.2, 0.25) is 0 Å². The number of rotatable bonds is 6. The molecule has 0 atom stereocenters. The number of halogens is 1. The fourth-order valence-electron chi connectivity index (χ4n) is 2.10. The maximum atomic E-state index is 12.8. The molecule has 1 N–H and O–H groups in total. The lowest BCUT2D eigenvalue weighted by atomic mass is 10.1. The Hall–Kier alpha value is -2.49. The molecule has 114 valence electrons. The van der Waals surface area contributed by atoms with Crippen LogP contribution >= 0.6 is 0 Å². The second-order valence-corrected chi connectivity index (χ2v) is 5.13. The van der Waals surface area contributed by atoms with E-state index in [9.17, 15) is 14.0 Å². The van der Waals surface area contributed by atoms with Gasteiger partial charge in [-0.15, -0.1) is 0 Å². The third-order valence-electron chi connectivity index (χ3n) is 3.48. The number of Topliss-reactive ketones (excluding diaryl/α,β-unsaturated/α-hetero) is 1. The molecule has 0 aliphatic carbocycles. The number of hydrogen-bond donors (Lipinski definition) is 1. The van der Waals surface area contributed by atoms with E-state index in [1.807, 2.05) is 31.2 Å². The van der Waals surface area contributed by atoms with E-state index < -0.39 is 0 Å². The summed E-state index contributed by atoms with van der Waals surface area (Å²) in [6.07, 6.45) is 0.243. The molecule has 3 nitrogen and oxygen atoms in total. The summed E-state index contributed by atoms with van der Waals surface area (Å²) in [5, 5.41) is 2.80. The van der Waals surface area contributed by atoms with Gasteiger partial charge in [0.15, 0.2) is 5.78 Å². The van der Waals surface area contributed by atoms with Gasteiger partial charge in [0.05, 0.1) is 0 Å². The van der Waals surface area contributed by atoms with Crippen molar-refractivity contribution in [1.29, 1.82) is 0 Å². The van der Waals surface area contributed by atoms with Gasteiger partial charge in [-0.3, -0.25) is 9.59 Å². The number of hydrogen-bond acceptors (Lipinski definition) is 2. The van der Waals surface area contributed by atoms with Crippen molar-refractivity contribution in [1.82, 2.24) is 5.32 Å². The van der Waals surface area contributed by atoms with E-state index >= 15 is 0 Å². The van der Waals surface area contributed by atoms with Crippen molar-refractivity contribution in [3.8, 4) is 0 Å². The van der Waals surface area contributed by atoms with E-state index in [4.69, 9.17) is 0 Å². The Kier molecular flexibility index (Phi) is 5.42. The lowest BCUT2D eigenvalue weighted by Gasteiger charge is -2.07. The summed E-state index contributed by atoms with van der Waals surface area (Å²) in [4.78, 5) is 23.7. The van der Waals surface area contributed by atoms with E-state index in [2.05, 4.69) is 5.32 Å². The predicted octanol–water partition coefficient (Wildman–Crippen LogP) is 3.41. The van der Waals surface area contributed by atoms with Crippen LogP contribution in [-0.4, -0.2) is 11.7 Å². The molecule has 2 aromatic carbocycles. The number of aryl methyl sites for hydroxylation is 1. The third-order valence-corrected chi connectivity index (χ3v) is 3.48. The minimum atomic E-state index is -0.382. The smallest absolute Gasteiger partial charge is 0.220 e. The highest BCUT2D eigenvalue weighted by Crippen LogP contribution is 2.08. The fraction of sp³-hybridized carbons (Fsp3) is 0.222. The zero-order valence-corrected chi connectivity index (χ0v) is 12.4. The van der Waals surface area contributed by atoms with Crippen LogP contribution in [0.25, 0.3) is 0 Å². The molecule has 2 aromatic rings. The Morgan fingerprint density at radius 3 is 2.36 bits per heavy atom. The van der Waals surface area contributed by atoms with E-state index in [1.54, 1.807) is 0 Å². The van der Waals surface area contributed by atoms with Crippen LogP contribution in [0.5, 0.6) is 0 Å². The highest BCUT2D eigenvalue weighted by Gasteiger charge is 2.09. The predicted molar refractivity (Wildman–Crippen MR) is 83.0 cm³/mol. The minimum Gasteiger partial charge on any atom is -0.352 e. The molecular formula is C18H18FNO2. The second kappa shape index (κ2) is 7.50. The zero-order chi connectivity index (χ0) is 15.9. The average molecular weight is 299 g/mol. The van der Waals surface area contributed by atoms with Gasteiger partial charge in [0.2, 0.25) is 5.91 Å². The quantitative estimate of drug-likeness (QED) is 0.831. The molecule has 0 aliphatic rings. The third kappa shape index (κ3) is 4.52. The Morgan fingerprint density at radius 1 is 1.00 bits per heavy atom. The maximum absolute atomic E-state index is 12.8. The first-order valence-corrected chi connectivity index (χ1v) is 7.16. The molecule has 4 heteroatoms. The van der Waals surface area contributed by atoms with Gasteiger partial charge in [0.25, 0.3) is 0 Å². The van der Waals surface area contributed by atoms with Crippen LogP contribution in [0.4, 0.5) is 4.39 Å². The Morgan fingerprint density at radius 2 is 1.68 bits per heavy atom. The molecule has 0 radical (unpaired) electrons. The number of benzene rings is 2. The first-order valence-electron chi connectivity index (χ1n) is 7.16. The summed E-state index contributed by atoms with van der Waals surface area (Å²) in [5.74, 6) is -0.711. The summed E-state index contributed by atoms with van der Waals surface area (Å²) < 4.78 is 12.8. The topological polar surface area (TPSA) is 46.2 Å². The number of amides is 1. The monoisotopic (exact) mass is 299 g/mol. The van der Waals surface area contributed by atoms with Crippen LogP contribution in [0.3, 0.4) is 0 Å². The van der Waals surface area contributed by atoms with Crippen LogP contribution in [0.1, 0.15) is 34.3 Å². The molecule has 2 rings (SSSR count). The minimum absolute atomic E-state index is 0.116. The number of nitrogens with one attached hydrogen (secondary N) is 1. The van der Waals surface area contributed by atoms with E-state index in [0.717, 1.165) is 11.1 Å². The largest absolute Gasteiger partial charge is 0.352 e. The number of carbonyl (C=O) groups excluding carboxylic acids is 2. The molecule has 0 bridgehead atoms. The highest BCUT2D eigenvalue weighted by atomic mass is 19.1. The van der Waals surface area contributed by atoms with Crippen LogP contribution < -0.4 is 5.32 Å². The first-order chi connectivity index (χ1) is 10.6. The van der Waals surface area contributed by atoms with Crippen LogP contribution in [-0.2, 0) is 11.3 Å². The molecule has 0 unspecified atom stereocenters. The molecule has 0 saturated heterocycles. The SMILES string of the molecule is Cc1ccccc1CNC(=O)CCC(=O)c1ccc(F)cc1. The Balaban J connectivity index is 1.79. The van der Waals surface area contributed by atoms with Crippen LogP contribution in [0.15, 0.2) is 48.5 Å². The van der Waals surface area contributed by atoms with Gasteiger partial charge in [0.1, 0.15) is 5.82 Å².